The third kappa shape index (κ3) is 2.29. The Balaban J connectivity index is 2.13. The zero-order valence-corrected chi connectivity index (χ0v) is 9.73. The van der Waals surface area contributed by atoms with Crippen molar-refractivity contribution in [3.05, 3.63) is 0 Å². The van der Waals surface area contributed by atoms with E-state index >= 15 is 0 Å². The van der Waals surface area contributed by atoms with Crippen LogP contribution >= 0.6 is 11.8 Å². The van der Waals surface area contributed by atoms with Crippen LogP contribution in [0.1, 0.15) is 12.8 Å². The maximum atomic E-state index is 11.5. The molecular formula is C8H13NO4S2. The molecule has 0 amide bonds. The Morgan fingerprint density at radius 3 is 2.80 bits per heavy atom. The van der Waals surface area contributed by atoms with Gasteiger partial charge in [0.1, 0.15) is 6.04 Å². The van der Waals surface area contributed by atoms with E-state index in [2.05, 4.69) is 5.32 Å². The predicted molar refractivity (Wildman–Crippen MR) is 57.6 cm³/mol. The van der Waals surface area contributed by atoms with Gasteiger partial charge in [0.05, 0.1) is 16.4 Å². The zero-order valence-electron chi connectivity index (χ0n) is 8.10. The third-order valence-corrected chi connectivity index (χ3v) is 6.30. The molecule has 1 spiro atoms. The molecule has 2 saturated heterocycles. The molecule has 2 aliphatic heterocycles. The van der Waals surface area contributed by atoms with Crippen LogP contribution in [0.2, 0.25) is 0 Å². The van der Waals surface area contributed by atoms with Gasteiger partial charge in [-0.25, -0.2) is 8.42 Å². The smallest absolute Gasteiger partial charge is 0.321 e. The molecule has 15 heavy (non-hydrogen) atoms. The normalized spacial score (nSPS) is 39.3. The number of rotatable bonds is 1. The molecule has 0 bridgehead atoms. The standard InChI is InChI=1S/C8H13NO4S2/c10-7(11)6-4-14-8(9-6)2-1-3-15(12,13)5-8/h6,9H,1-5H2,(H,10,11). The molecule has 0 aromatic heterocycles. The van der Waals surface area contributed by atoms with Gasteiger partial charge in [-0.3, -0.25) is 10.1 Å². The van der Waals surface area contributed by atoms with E-state index in [1.807, 2.05) is 0 Å². The second-order valence-electron chi connectivity index (χ2n) is 4.04. The molecule has 2 N–H and O–H groups in total. The van der Waals surface area contributed by atoms with Gasteiger partial charge in [0.2, 0.25) is 0 Å². The number of hydrogen-bond donors (Lipinski definition) is 2. The van der Waals surface area contributed by atoms with E-state index in [0.29, 0.717) is 12.2 Å². The van der Waals surface area contributed by atoms with E-state index in [1.165, 1.54) is 11.8 Å². The Bertz CT molecular complexity index is 380. The maximum absolute atomic E-state index is 11.5. The first kappa shape index (κ1) is 11.2. The van der Waals surface area contributed by atoms with E-state index in [9.17, 15) is 13.2 Å². The Hall–Kier alpha value is -0.270. The van der Waals surface area contributed by atoms with Gasteiger partial charge in [-0.05, 0) is 12.8 Å². The molecule has 2 unspecified atom stereocenters. The van der Waals surface area contributed by atoms with Gasteiger partial charge in [-0.15, -0.1) is 11.8 Å². The highest BCUT2D eigenvalue weighted by Crippen LogP contribution is 2.38. The van der Waals surface area contributed by atoms with Gasteiger partial charge in [0, 0.05) is 5.75 Å². The Kier molecular flexibility index (Phi) is 2.72. The number of carbonyl (C=O) groups is 1. The van der Waals surface area contributed by atoms with E-state index in [-0.39, 0.29) is 11.5 Å². The number of thioether (sulfide) groups is 1. The molecule has 2 rings (SSSR count). The minimum atomic E-state index is -3.00. The predicted octanol–water partition coefficient (Wildman–Crippen LogP) is -0.319. The Labute approximate surface area is 92.5 Å². The number of hydrogen-bond acceptors (Lipinski definition) is 5. The van der Waals surface area contributed by atoms with Gasteiger partial charge in [-0.2, -0.15) is 0 Å². The lowest BCUT2D eigenvalue weighted by molar-refractivity contribution is -0.138. The number of nitrogens with one attached hydrogen (secondary N) is 1. The highest BCUT2D eigenvalue weighted by Gasteiger charge is 2.46. The Morgan fingerprint density at radius 1 is 1.53 bits per heavy atom. The summed E-state index contributed by atoms with van der Waals surface area (Å²) in [6.07, 6.45) is 1.36. The van der Waals surface area contributed by atoms with Crippen LogP contribution in [-0.2, 0) is 14.6 Å². The van der Waals surface area contributed by atoms with Crippen LogP contribution < -0.4 is 5.32 Å². The minimum absolute atomic E-state index is 0.0639. The van der Waals surface area contributed by atoms with Gasteiger partial charge < -0.3 is 5.11 Å². The number of carboxylic acid groups (broad SMARTS) is 1. The molecule has 2 atom stereocenters. The summed E-state index contributed by atoms with van der Waals surface area (Å²) in [5, 5.41) is 11.8. The molecule has 0 aromatic rings. The second-order valence-corrected chi connectivity index (χ2v) is 7.62. The van der Waals surface area contributed by atoms with Crippen molar-refractivity contribution in [2.45, 2.75) is 23.8 Å². The van der Waals surface area contributed by atoms with Crippen LogP contribution in [0.15, 0.2) is 0 Å². The molecule has 2 heterocycles. The summed E-state index contributed by atoms with van der Waals surface area (Å²) in [4.78, 5) is 10.2. The van der Waals surface area contributed by atoms with Crippen LogP contribution in [0.25, 0.3) is 0 Å². The largest absolute Gasteiger partial charge is 0.480 e. The van der Waals surface area contributed by atoms with Crippen molar-refractivity contribution in [1.29, 1.82) is 0 Å². The van der Waals surface area contributed by atoms with Gasteiger partial charge in [-0.1, -0.05) is 0 Å². The highest BCUT2D eigenvalue weighted by atomic mass is 32.2. The third-order valence-electron chi connectivity index (χ3n) is 2.75. The first-order valence-electron chi connectivity index (χ1n) is 4.77. The van der Waals surface area contributed by atoms with E-state index in [0.717, 1.165) is 6.42 Å². The molecule has 7 heteroatoms. The van der Waals surface area contributed by atoms with Gasteiger partial charge in [0.25, 0.3) is 0 Å². The van der Waals surface area contributed by atoms with Crippen LogP contribution in [0.4, 0.5) is 0 Å². The molecule has 2 aliphatic rings. The number of sulfone groups is 1. The summed E-state index contributed by atoms with van der Waals surface area (Å²) in [5.74, 6) is -0.157. The second kappa shape index (κ2) is 3.64. The molecule has 86 valence electrons. The average Bonchev–Trinajstić information content (AvgIpc) is 2.46. The molecule has 0 aromatic carbocycles. The highest BCUT2D eigenvalue weighted by molar-refractivity contribution is 8.02. The quantitative estimate of drug-likeness (QED) is 0.664. The lowest BCUT2D eigenvalue weighted by Gasteiger charge is -2.32. The minimum Gasteiger partial charge on any atom is -0.480 e. The van der Waals surface area contributed by atoms with Crippen molar-refractivity contribution in [2.24, 2.45) is 0 Å². The fraction of sp³-hybridized carbons (Fsp3) is 0.875. The number of aliphatic carboxylic acids is 1. The maximum Gasteiger partial charge on any atom is 0.321 e. The van der Waals surface area contributed by atoms with Crippen LogP contribution in [0.5, 0.6) is 0 Å². The molecule has 0 saturated carbocycles. The molecular weight excluding hydrogens is 238 g/mol. The monoisotopic (exact) mass is 251 g/mol. The van der Waals surface area contributed by atoms with Crippen LogP contribution in [-0.4, -0.2) is 47.7 Å². The molecule has 0 radical (unpaired) electrons. The fourth-order valence-corrected chi connectivity index (χ4v) is 5.85. The first-order chi connectivity index (χ1) is 6.93. The summed E-state index contributed by atoms with van der Waals surface area (Å²) < 4.78 is 23.0. The van der Waals surface area contributed by atoms with E-state index in [1.54, 1.807) is 0 Å². The summed E-state index contributed by atoms with van der Waals surface area (Å²) in [6.45, 7) is 0. The fourth-order valence-electron chi connectivity index (χ4n) is 2.08. The van der Waals surface area contributed by atoms with E-state index < -0.39 is 26.7 Å². The van der Waals surface area contributed by atoms with Gasteiger partial charge >= 0.3 is 5.97 Å². The summed E-state index contributed by atoms with van der Waals surface area (Å²) >= 11 is 1.43. The number of carboxylic acids is 1. The summed E-state index contributed by atoms with van der Waals surface area (Å²) in [7, 11) is -3.00. The van der Waals surface area contributed by atoms with Gasteiger partial charge in [0.15, 0.2) is 9.84 Å². The Morgan fingerprint density at radius 2 is 2.27 bits per heavy atom. The lowest BCUT2D eigenvalue weighted by atomic mass is 10.1. The molecule has 2 fully saturated rings. The van der Waals surface area contributed by atoms with Crippen molar-refractivity contribution >= 4 is 27.6 Å². The summed E-state index contributed by atoms with van der Waals surface area (Å²) in [6, 6.07) is -0.608. The zero-order chi connectivity index (χ0) is 11.1. The van der Waals surface area contributed by atoms with Crippen molar-refractivity contribution < 1.29 is 18.3 Å². The topological polar surface area (TPSA) is 83.5 Å². The summed E-state index contributed by atoms with van der Waals surface area (Å²) in [5.41, 5.74) is 0. The SMILES string of the molecule is O=C(O)C1CSC2(CCCS(=O)(=O)C2)N1. The van der Waals surface area contributed by atoms with Crippen molar-refractivity contribution in [3.63, 3.8) is 0 Å². The van der Waals surface area contributed by atoms with Crippen molar-refractivity contribution in [1.82, 2.24) is 5.32 Å². The van der Waals surface area contributed by atoms with Crippen LogP contribution in [0.3, 0.4) is 0 Å². The molecule has 0 aliphatic carbocycles. The van der Waals surface area contributed by atoms with Crippen LogP contribution in [0, 0.1) is 0 Å². The molecule has 5 nitrogen and oxygen atoms in total. The van der Waals surface area contributed by atoms with E-state index in [4.69, 9.17) is 5.11 Å². The first-order valence-corrected chi connectivity index (χ1v) is 7.58. The van der Waals surface area contributed by atoms with Crippen molar-refractivity contribution in [3.8, 4) is 0 Å². The van der Waals surface area contributed by atoms with Crippen molar-refractivity contribution in [2.75, 3.05) is 17.3 Å². The average molecular weight is 251 g/mol. The lowest BCUT2D eigenvalue weighted by Crippen LogP contribution is -2.51.